The lowest BCUT2D eigenvalue weighted by atomic mass is 9.67. The number of hydrogen-bond donors (Lipinski definition) is 1. The summed E-state index contributed by atoms with van der Waals surface area (Å²) in [7, 11) is 0. The fourth-order valence-corrected chi connectivity index (χ4v) is 4.66. The van der Waals surface area contributed by atoms with E-state index >= 15 is 0 Å². The van der Waals surface area contributed by atoms with E-state index < -0.39 is 0 Å². The average Bonchev–Trinajstić information content (AvgIpc) is 2.63. The predicted octanol–water partition coefficient (Wildman–Crippen LogP) is 3.08. The van der Waals surface area contributed by atoms with Crippen molar-refractivity contribution < 1.29 is 0 Å². The summed E-state index contributed by atoms with van der Waals surface area (Å²) in [4.78, 5) is 0. The molecule has 2 unspecified atom stereocenters. The number of rotatable bonds is 1. The second kappa shape index (κ2) is 2.75. The molecule has 3 aliphatic carbocycles. The minimum atomic E-state index is 0.270. The summed E-state index contributed by atoms with van der Waals surface area (Å²) < 4.78 is 0. The van der Waals surface area contributed by atoms with Crippen LogP contribution in [0.1, 0.15) is 58.3 Å². The van der Waals surface area contributed by atoms with Gasteiger partial charge in [0.05, 0.1) is 0 Å². The lowest BCUT2D eigenvalue weighted by Gasteiger charge is -2.41. The Labute approximate surface area is 87.4 Å². The molecule has 0 aromatic heterocycles. The molecule has 3 saturated carbocycles. The molecule has 80 valence electrons. The molecule has 0 aliphatic heterocycles. The van der Waals surface area contributed by atoms with Crippen molar-refractivity contribution in [1.29, 1.82) is 0 Å². The Morgan fingerprint density at radius 2 is 1.50 bits per heavy atom. The van der Waals surface area contributed by atoms with Crippen LogP contribution in [0.5, 0.6) is 0 Å². The predicted molar refractivity (Wildman–Crippen MR) is 58.9 cm³/mol. The van der Waals surface area contributed by atoms with E-state index in [9.17, 15) is 0 Å². The van der Waals surface area contributed by atoms with Gasteiger partial charge in [-0.2, -0.15) is 0 Å². The molecule has 0 aromatic rings. The molecule has 0 spiro atoms. The molecule has 1 nitrogen and oxygen atoms in total. The van der Waals surface area contributed by atoms with Crippen molar-refractivity contribution >= 4 is 0 Å². The third kappa shape index (κ3) is 0.946. The van der Waals surface area contributed by atoms with E-state index in [0.29, 0.717) is 5.41 Å². The minimum absolute atomic E-state index is 0.270. The average molecular weight is 193 g/mol. The first-order valence-electron chi connectivity index (χ1n) is 6.47. The van der Waals surface area contributed by atoms with Crippen LogP contribution in [0.4, 0.5) is 0 Å². The summed E-state index contributed by atoms with van der Waals surface area (Å²) in [6.45, 7) is 2.48. The van der Waals surface area contributed by atoms with Crippen molar-refractivity contribution in [3.8, 4) is 0 Å². The molecular formula is C13H23N. The van der Waals surface area contributed by atoms with E-state index in [1.54, 1.807) is 0 Å². The van der Waals surface area contributed by atoms with Gasteiger partial charge in [0.1, 0.15) is 0 Å². The van der Waals surface area contributed by atoms with Gasteiger partial charge >= 0.3 is 0 Å². The van der Waals surface area contributed by atoms with Gasteiger partial charge in [0.2, 0.25) is 0 Å². The second-order valence-corrected chi connectivity index (χ2v) is 6.20. The largest absolute Gasteiger partial charge is 0.324 e. The molecule has 0 saturated heterocycles. The third-order valence-corrected chi connectivity index (χ3v) is 5.64. The second-order valence-electron chi connectivity index (χ2n) is 6.20. The summed E-state index contributed by atoms with van der Waals surface area (Å²) in [6.07, 6.45) is 11.4. The van der Waals surface area contributed by atoms with Crippen LogP contribution in [0.15, 0.2) is 0 Å². The molecule has 0 radical (unpaired) electrons. The highest BCUT2D eigenvalue weighted by molar-refractivity contribution is 5.25. The van der Waals surface area contributed by atoms with E-state index in [1.165, 1.54) is 51.4 Å². The maximum Gasteiger partial charge on any atom is 0.0272 e. The summed E-state index contributed by atoms with van der Waals surface area (Å²) >= 11 is 0. The Balaban J connectivity index is 1.81. The summed E-state index contributed by atoms with van der Waals surface area (Å²) in [6, 6.07) is 0. The van der Waals surface area contributed by atoms with Crippen LogP contribution >= 0.6 is 0 Å². The molecule has 3 aliphatic rings. The maximum atomic E-state index is 6.71. The highest BCUT2D eigenvalue weighted by Crippen LogP contribution is 2.68. The smallest absolute Gasteiger partial charge is 0.0272 e. The number of nitrogens with two attached hydrogens (primary N) is 1. The Morgan fingerprint density at radius 3 is 2.07 bits per heavy atom. The molecule has 14 heavy (non-hydrogen) atoms. The topological polar surface area (TPSA) is 26.0 Å². The molecule has 3 rings (SSSR count). The van der Waals surface area contributed by atoms with Crippen molar-refractivity contribution in [1.82, 2.24) is 0 Å². The SMILES string of the molecule is CC1(C2(N)C3CCCC32)CCCCC1. The fourth-order valence-electron chi connectivity index (χ4n) is 4.66. The highest BCUT2D eigenvalue weighted by Gasteiger charge is 2.70. The quantitative estimate of drug-likeness (QED) is 0.680. The normalized spacial score (nSPS) is 50.1. The molecule has 3 fully saturated rings. The van der Waals surface area contributed by atoms with Crippen LogP contribution in [0.2, 0.25) is 0 Å². The molecule has 0 heterocycles. The lowest BCUT2D eigenvalue weighted by molar-refractivity contribution is 0.129. The van der Waals surface area contributed by atoms with Crippen LogP contribution in [-0.4, -0.2) is 5.54 Å². The first kappa shape index (κ1) is 9.21. The van der Waals surface area contributed by atoms with Gasteiger partial charge in [-0.05, 0) is 42.9 Å². The molecular weight excluding hydrogens is 170 g/mol. The fraction of sp³-hybridized carbons (Fsp3) is 1.00. The van der Waals surface area contributed by atoms with Crippen LogP contribution < -0.4 is 5.73 Å². The molecule has 0 amide bonds. The Hall–Kier alpha value is -0.0400. The Kier molecular flexibility index (Phi) is 1.81. The van der Waals surface area contributed by atoms with Crippen LogP contribution in [0.25, 0.3) is 0 Å². The van der Waals surface area contributed by atoms with E-state index in [1.807, 2.05) is 0 Å². The van der Waals surface area contributed by atoms with Crippen molar-refractivity contribution in [3.63, 3.8) is 0 Å². The van der Waals surface area contributed by atoms with Crippen LogP contribution in [0.3, 0.4) is 0 Å². The first-order valence-corrected chi connectivity index (χ1v) is 6.47. The van der Waals surface area contributed by atoms with Gasteiger partial charge < -0.3 is 5.73 Å². The van der Waals surface area contributed by atoms with E-state index in [-0.39, 0.29) is 5.54 Å². The first-order chi connectivity index (χ1) is 6.68. The molecule has 0 bridgehead atoms. The Morgan fingerprint density at radius 1 is 0.929 bits per heavy atom. The van der Waals surface area contributed by atoms with Gasteiger partial charge in [-0.15, -0.1) is 0 Å². The lowest BCUT2D eigenvalue weighted by Crippen LogP contribution is -2.47. The zero-order valence-electron chi connectivity index (χ0n) is 9.39. The monoisotopic (exact) mass is 193 g/mol. The van der Waals surface area contributed by atoms with Gasteiger partial charge in [0.15, 0.2) is 0 Å². The van der Waals surface area contributed by atoms with Crippen LogP contribution in [-0.2, 0) is 0 Å². The van der Waals surface area contributed by atoms with E-state index in [0.717, 1.165) is 11.8 Å². The minimum Gasteiger partial charge on any atom is -0.324 e. The standard InChI is InChI=1S/C13H23N/c1-12(8-3-2-4-9-12)13(14)10-6-5-7-11(10)13/h10-11H,2-9,14H2,1H3. The number of hydrogen-bond acceptors (Lipinski definition) is 1. The number of fused-ring (bicyclic) bond motifs is 1. The molecule has 0 aromatic carbocycles. The van der Waals surface area contributed by atoms with Crippen molar-refractivity contribution in [2.75, 3.05) is 0 Å². The molecule has 2 N–H and O–H groups in total. The van der Waals surface area contributed by atoms with Gasteiger partial charge in [0, 0.05) is 5.54 Å². The molecule has 2 atom stereocenters. The highest BCUT2D eigenvalue weighted by atomic mass is 15.0. The molecule has 1 heteroatoms. The van der Waals surface area contributed by atoms with E-state index in [4.69, 9.17) is 5.73 Å². The van der Waals surface area contributed by atoms with Crippen molar-refractivity contribution in [2.24, 2.45) is 23.0 Å². The van der Waals surface area contributed by atoms with Gasteiger partial charge in [-0.25, -0.2) is 0 Å². The van der Waals surface area contributed by atoms with Gasteiger partial charge in [0.25, 0.3) is 0 Å². The van der Waals surface area contributed by atoms with E-state index in [2.05, 4.69) is 6.92 Å². The zero-order valence-corrected chi connectivity index (χ0v) is 9.39. The summed E-state index contributed by atoms with van der Waals surface area (Å²) in [5, 5.41) is 0. The summed E-state index contributed by atoms with van der Waals surface area (Å²) in [5.74, 6) is 1.82. The zero-order chi connectivity index (χ0) is 9.81. The van der Waals surface area contributed by atoms with Gasteiger partial charge in [-0.1, -0.05) is 32.6 Å². The van der Waals surface area contributed by atoms with Crippen molar-refractivity contribution in [2.45, 2.75) is 63.8 Å². The van der Waals surface area contributed by atoms with Crippen LogP contribution in [0, 0.1) is 17.3 Å². The van der Waals surface area contributed by atoms with Gasteiger partial charge in [-0.3, -0.25) is 0 Å². The maximum absolute atomic E-state index is 6.71. The third-order valence-electron chi connectivity index (χ3n) is 5.64. The summed E-state index contributed by atoms with van der Waals surface area (Å²) in [5.41, 5.74) is 7.48. The Bertz CT molecular complexity index is 228. The van der Waals surface area contributed by atoms with Crippen molar-refractivity contribution in [3.05, 3.63) is 0 Å².